The lowest BCUT2D eigenvalue weighted by Gasteiger charge is -2.39. The topological polar surface area (TPSA) is 52.6 Å². The Hall–Kier alpha value is -1.32. The molecule has 1 fully saturated rings. The van der Waals surface area contributed by atoms with Crippen LogP contribution >= 0.6 is 0 Å². The third kappa shape index (κ3) is 2.05. The maximum atomic E-state index is 12.1. The summed E-state index contributed by atoms with van der Waals surface area (Å²) in [4.78, 5) is 24.1. The Morgan fingerprint density at radius 1 is 1.10 bits per heavy atom. The normalized spacial score (nSPS) is 27.7. The Bertz CT molecular complexity index is 435. The van der Waals surface area contributed by atoms with Gasteiger partial charge in [0.25, 0.3) is 0 Å². The molecule has 1 saturated carbocycles. The summed E-state index contributed by atoms with van der Waals surface area (Å²) >= 11 is 0. The smallest absolute Gasteiger partial charge is 0.335 e. The van der Waals surface area contributed by atoms with E-state index in [-0.39, 0.29) is 11.9 Å². The molecule has 2 aliphatic rings. The van der Waals surface area contributed by atoms with Crippen molar-refractivity contribution in [2.24, 2.45) is 23.2 Å². The van der Waals surface area contributed by atoms with Crippen LogP contribution in [-0.2, 0) is 19.1 Å². The van der Waals surface area contributed by atoms with E-state index in [2.05, 4.69) is 20.8 Å². The minimum absolute atomic E-state index is 0.321. The number of methoxy groups -OCH3 is 2. The lowest BCUT2D eigenvalue weighted by molar-refractivity contribution is -0.137. The van der Waals surface area contributed by atoms with Crippen LogP contribution in [0.5, 0.6) is 0 Å². The minimum Gasteiger partial charge on any atom is -0.466 e. The number of ether oxygens (including phenoxy) is 2. The maximum Gasteiger partial charge on any atom is 0.335 e. The summed E-state index contributed by atoms with van der Waals surface area (Å²) in [6.45, 7) is 6.50. The Labute approximate surface area is 120 Å². The molecule has 0 aromatic heterocycles. The number of rotatable bonds is 3. The molecule has 0 radical (unpaired) electrons. The molecule has 2 atom stereocenters. The first-order valence-electron chi connectivity index (χ1n) is 7.32. The van der Waals surface area contributed by atoms with E-state index < -0.39 is 5.41 Å². The highest BCUT2D eigenvalue weighted by molar-refractivity contribution is 6.12. The predicted octanol–water partition coefficient (Wildman–Crippen LogP) is 2.72. The average molecular weight is 280 g/mol. The standard InChI is InChI=1S/C16H24O4/c1-9(2)11-7-6-10(3)8-16(11)12(14(17)19-4)13(16)15(18)20-5/h9-11H,6-8H2,1-5H3/t10-,11+/m0/s1. The molecule has 0 saturated heterocycles. The molecule has 2 aliphatic carbocycles. The van der Waals surface area contributed by atoms with Gasteiger partial charge in [0.05, 0.1) is 25.4 Å². The molecule has 0 aliphatic heterocycles. The van der Waals surface area contributed by atoms with Gasteiger partial charge >= 0.3 is 11.9 Å². The van der Waals surface area contributed by atoms with Crippen LogP contribution in [-0.4, -0.2) is 26.2 Å². The number of esters is 2. The SMILES string of the molecule is COC(=O)C1=C(C(=O)OC)C12C[C@@H](C)CC[C@@H]2C(C)C. The molecule has 0 aromatic carbocycles. The average Bonchev–Trinajstić information content (AvgIpc) is 3.04. The van der Waals surface area contributed by atoms with Gasteiger partial charge < -0.3 is 9.47 Å². The predicted molar refractivity (Wildman–Crippen MR) is 74.8 cm³/mol. The van der Waals surface area contributed by atoms with E-state index in [9.17, 15) is 9.59 Å². The Morgan fingerprint density at radius 2 is 1.60 bits per heavy atom. The number of carbonyl (C=O) groups excluding carboxylic acids is 2. The van der Waals surface area contributed by atoms with E-state index in [0.29, 0.717) is 28.9 Å². The molecule has 1 spiro atoms. The summed E-state index contributed by atoms with van der Waals surface area (Å²) in [7, 11) is 2.74. The first-order valence-corrected chi connectivity index (χ1v) is 7.32. The molecule has 0 aromatic rings. The molecule has 0 amide bonds. The van der Waals surface area contributed by atoms with Crippen LogP contribution in [0.25, 0.3) is 0 Å². The number of hydrogen-bond donors (Lipinski definition) is 0. The fourth-order valence-electron chi connectivity index (χ4n) is 4.10. The van der Waals surface area contributed by atoms with Gasteiger partial charge in [-0.05, 0) is 30.6 Å². The molecule has 0 heterocycles. The summed E-state index contributed by atoms with van der Waals surface area (Å²) in [5.74, 6) is 0.508. The van der Waals surface area contributed by atoms with E-state index in [1.54, 1.807) is 0 Å². The summed E-state index contributed by atoms with van der Waals surface area (Å²) < 4.78 is 9.77. The van der Waals surface area contributed by atoms with Crippen LogP contribution in [0, 0.1) is 23.2 Å². The molecule has 2 rings (SSSR count). The van der Waals surface area contributed by atoms with Crippen LogP contribution in [0.2, 0.25) is 0 Å². The molecule has 4 heteroatoms. The lowest BCUT2D eigenvalue weighted by atomic mass is 9.64. The van der Waals surface area contributed by atoms with Gasteiger partial charge in [0.15, 0.2) is 0 Å². The molecule has 20 heavy (non-hydrogen) atoms. The fourth-order valence-corrected chi connectivity index (χ4v) is 4.10. The molecular weight excluding hydrogens is 256 g/mol. The second-order valence-electron chi connectivity index (χ2n) is 6.44. The van der Waals surface area contributed by atoms with Gasteiger partial charge in [-0.15, -0.1) is 0 Å². The van der Waals surface area contributed by atoms with Crippen LogP contribution in [0.1, 0.15) is 40.0 Å². The lowest BCUT2D eigenvalue weighted by Crippen LogP contribution is -2.34. The Balaban J connectivity index is 2.41. The molecular formula is C16H24O4. The quantitative estimate of drug-likeness (QED) is 0.746. The number of hydrogen-bond acceptors (Lipinski definition) is 4. The first-order chi connectivity index (χ1) is 9.40. The summed E-state index contributed by atoms with van der Waals surface area (Å²) in [6, 6.07) is 0. The van der Waals surface area contributed by atoms with Gasteiger partial charge in [0, 0.05) is 5.41 Å². The van der Waals surface area contributed by atoms with Crippen molar-refractivity contribution in [3.63, 3.8) is 0 Å². The van der Waals surface area contributed by atoms with Crippen LogP contribution in [0.15, 0.2) is 11.1 Å². The molecule has 0 bridgehead atoms. The van der Waals surface area contributed by atoms with Crippen molar-refractivity contribution in [2.75, 3.05) is 14.2 Å². The second-order valence-corrected chi connectivity index (χ2v) is 6.44. The van der Waals surface area contributed by atoms with E-state index in [1.165, 1.54) is 14.2 Å². The molecule has 112 valence electrons. The highest BCUT2D eigenvalue weighted by Crippen LogP contribution is 2.67. The minimum atomic E-state index is -0.397. The van der Waals surface area contributed by atoms with E-state index >= 15 is 0 Å². The van der Waals surface area contributed by atoms with Gasteiger partial charge in [-0.1, -0.05) is 27.2 Å². The van der Waals surface area contributed by atoms with Gasteiger partial charge in [-0.2, -0.15) is 0 Å². The zero-order chi connectivity index (χ0) is 15.1. The monoisotopic (exact) mass is 280 g/mol. The number of carbonyl (C=O) groups is 2. The van der Waals surface area contributed by atoms with Crippen LogP contribution < -0.4 is 0 Å². The van der Waals surface area contributed by atoms with Gasteiger partial charge in [0.2, 0.25) is 0 Å². The van der Waals surface area contributed by atoms with Crippen molar-refractivity contribution < 1.29 is 19.1 Å². The first kappa shape index (κ1) is 15.1. The maximum absolute atomic E-state index is 12.1. The van der Waals surface area contributed by atoms with Crippen molar-refractivity contribution in [2.45, 2.75) is 40.0 Å². The molecule has 0 N–H and O–H groups in total. The van der Waals surface area contributed by atoms with E-state index in [4.69, 9.17) is 9.47 Å². The van der Waals surface area contributed by atoms with E-state index in [1.807, 2.05) is 0 Å². The van der Waals surface area contributed by atoms with Crippen molar-refractivity contribution in [1.29, 1.82) is 0 Å². The van der Waals surface area contributed by atoms with Gasteiger partial charge in [-0.25, -0.2) is 9.59 Å². The van der Waals surface area contributed by atoms with Gasteiger partial charge in [0.1, 0.15) is 0 Å². The van der Waals surface area contributed by atoms with Crippen molar-refractivity contribution >= 4 is 11.9 Å². The zero-order valence-corrected chi connectivity index (χ0v) is 13.0. The van der Waals surface area contributed by atoms with Gasteiger partial charge in [-0.3, -0.25) is 0 Å². The Morgan fingerprint density at radius 3 is 2.00 bits per heavy atom. The summed E-state index contributed by atoms with van der Waals surface area (Å²) in [5.41, 5.74) is 0.737. The fraction of sp³-hybridized carbons (Fsp3) is 0.750. The molecule has 0 unspecified atom stereocenters. The summed E-state index contributed by atoms with van der Waals surface area (Å²) in [6.07, 6.45) is 3.04. The molecule has 4 nitrogen and oxygen atoms in total. The van der Waals surface area contributed by atoms with Crippen LogP contribution in [0.4, 0.5) is 0 Å². The second kappa shape index (κ2) is 5.23. The van der Waals surface area contributed by atoms with E-state index in [0.717, 1.165) is 19.3 Å². The van der Waals surface area contributed by atoms with Crippen molar-refractivity contribution in [3.05, 3.63) is 11.1 Å². The summed E-state index contributed by atoms with van der Waals surface area (Å²) in [5, 5.41) is 0. The Kier molecular flexibility index (Phi) is 3.94. The largest absolute Gasteiger partial charge is 0.466 e. The highest BCUT2D eigenvalue weighted by atomic mass is 16.5. The third-order valence-electron chi connectivity index (χ3n) is 4.94. The van der Waals surface area contributed by atoms with Crippen LogP contribution in [0.3, 0.4) is 0 Å². The van der Waals surface area contributed by atoms with Crippen molar-refractivity contribution in [1.82, 2.24) is 0 Å². The third-order valence-corrected chi connectivity index (χ3v) is 4.94. The highest BCUT2D eigenvalue weighted by Gasteiger charge is 2.66. The zero-order valence-electron chi connectivity index (χ0n) is 13.0. The van der Waals surface area contributed by atoms with Crippen molar-refractivity contribution in [3.8, 4) is 0 Å².